The lowest BCUT2D eigenvalue weighted by molar-refractivity contribution is -0.120. The summed E-state index contributed by atoms with van der Waals surface area (Å²) in [7, 11) is 1.27. The quantitative estimate of drug-likeness (QED) is 0.861. The molecule has 1 aromatic carbocycles. The molecule has 1 heterocycles. The smallest absolute Gasteiger partial charge is 0.338 e. The summed E-state index contributed by atoms with van der Waals surface area (Å²) in [6.45, 7) is 0.0612. The molecule has 2 N–H and O–H groups in total. The van der Waals surface area contributed by atoms with Crippen molar-refractivity contribution < 1.29 is 28.6 Å². The Kier molecular flexibility index (Phi) is 3.55. The summed E-state index contributed by atoms with van der Waals surface area (Å²) >= 11 is 0. The van der Waals surface area contributed by atoms with Crippen LogP contribution in [0.1, 0.15) is 16.8 Å². The minimum Gasteiger partial charge on any atom is -0.494 e. The van der Waals surface area contributed by atoms with Crippen molar-refractivity contribution in [2.45, 2.75) is 6.42 Å². The Bertz CT molecular complexity index is 602. The van der Waals surface area contributed by atoms with Crippen LogP contribution in [0.3, 0.4) is 0 Å². The molecule has 2 rings (SSSR count). The summed E-state index contributed by atoms with van der Waals surface area (Å²) in [6.07, 6.45) is 0.0642. The van der Waals surface area contributed by atoms with Crippen LogP contribution in [-0.4, -0.2) is 36.7 Å². The summed E-state index contributed by atoms with van der Waals surface area (Å²) in [6, 6.07) is 1.19. The highest BCUT2D eigenvalue weighted by Crippen LogP contribution is 2.32. The van der Waals surface area contributed by atoms with E-state index in [9.17, 15) is 18.8 Å². The Morgan fingerprint density at radius 2 is 2.15 bits per heavy atom. The van der Waals surface area contributed by atoms with Gasteiger partial charge in [0.2, 0.25) is 5.91 Å². The van der Waals surface area contributed by atoms with Crippen LogP contribution in [-0.2, 0) is 4.79 Å². The maximum Gasteiger partial charge on any atom is 0.338 e. The number of nitrogens with one attached hydrogen (secondary N) is 1. The molecule has 0 aromatic heterocycles. The van der Waals surface area contributed by atoms with Gasteiger partial charge in [0.25, 0.3) is 0 Å². The molecule has 0 atom stereocenters. The largest absolute Gasteiger partial charge is 0.494 e. The number of ether oxygens (including phenoxy) is 1. The van der Waals surface area contributed by atoms with E-state index in [-0.39, 0.29) is 24.4 Å². The van der Waals surface area contributed by atoms with Crippen LogP contribution in [0.15, 0.2) is 12.1 Å². The molecule has 3 amide bonds. The first-order valence-electron chi connectivity index (χ1n) is 5.66. The normalized spacial score (nSPS) is 15.0. The van der Waals surface area contributed by atoms with Crippen LogP contribution in [0.4, 0.5) is 14.9 Å². The number of rotatable bonds is 3. The number of imide groups is 1. The number of anilines is 1. The van der Waals surface area contributed by atoms with E-state index in [0.29, 0.717) is 0 Å². The summed E-state index contributed by atoms with van der Waals surface area (Å²) in [5.74, 6) is -2.84. The molecule has 1 aromatic rings. The molecule has 1 fully saturated rings. The Labute approximate surface area is 112 Å². The van der Waals surface area contributed by atoms with Crippen molar-refractivity contribution in [3.8, 4) is 5.75 Å². The zero-order chi connectivity index (χ0) is 14.9. The second-order valence-electron chi connectivity index (χ2n) is 4.06. The van der Waals surface area contributed by atoms with Gasteiger partial charge in [0.1, 0.15) is 11.6 Å². The number of carbonyl (C=O) groups is 3. The third kappa shape index (κ3) is 2.40. The fraction of sp³-hybridized carbons (Fsp3) is 0.250. The molecule has 0 bridgehead atoms. The van der Waals surface area contributed by atoms with E-state index in [1.807, 2.05) is 0 Å². The van der Waals surface area contributed by atoms with Gasteiger partial charge in [0, 0.05) is 19.0 Å². The fourth-order valence-corrected chi connectivity index (χ4v) is 1.88. The average Bonchev–Trinajstić information content (AvgIpc) is 2.38. The molecule has 0 spiro atoms. The molecule has 0 radical (unpaired) electrons. The summed E-state index contributed by atoms with van der Waals surface area (Å²) in [5, 5.41) is 11.0. The van der Waals surface area contributed by atoms with Gasteiger partial charge in [-0.2, -0.15) is 0 Å². The number of nitrogens with zero attached hydrogens (tertiary/aromatic N) is 1. The Morgan fingerprint density at radius 3 is 2.70 bits per heavy atom. The van der Waals surface area contributed by atoms with Crippen LogP contribution < -0.4 is 15.0 Å². The van der Waals surface area contributed by atoms with Gasteiger partial charge in [0.15, 0.2) is 0 Å². The molecule has 0 aliphatic carbocycles. The third-order valence-corrected chi connectivity index (χ3v) is 2.84. The van der Waals surface area contributed by atoms with Gasteiger partial charge in [-0.3, -0.25) is 15.0 Å². The van der Waals surface area contributed by atoms with Gasteiger partial charge in [-0.25, -0.2) is 14.0 Å². The Hall–Kier alpha value is -2.64. The summed E-state index contributed by atoms with van der Waals surface area (Å²) in [5.41, 5.74) is -0.484. The van der Waals surface area contributed by atoms with Crippen LogP contribution in [0.2, 0.25) is 0 Å². The zero-order valence-electron chi connectivity index (χ0n) is 10.5. The maximum absolute atomic E-state index is 13.6. The highest BCUT2D eigenvalue weighted by molar-refractivity contribution is 6.06. The number of hydrogen-bond donors (Lipinski definition) is 2. The van der Waals surface area contributed by atoms with E-state index in [2.05, 4.69) is 5.32 Å². The lowest BCUT2D eigenvalue weighted by Crippen LogP contribution is -2.49. The SMILES string of the molecule is COc1cc(F)c(C(=O)O)cc1N1CCC(=O)NC1=O. The van der Waals surface area contributed by atoms with Crippen LogP contribution in [0.25, 0.3) is 0 Å². The highest BCUT2D eigenvalue weighted by atomic mass is 19.1. The number of benzene rings is 1. The molecule has 1 saturated heterocycles. The first-order valence-corrected chi connectivity index (χ1v) is 5.66. The van der Waals surface area contributed by atoms with E-state index >= 15 is 0 Å². The predicted octanol–water partition coefficient (Wildman–Crippen LogP) is 0.979. The van der Waals surface area contributed by atoms with Crippen LogP contribution in [0, 0.1) is 5.82 Å². The number of amides is 3. The van der Waals surface area contributed by atoms with Gasteiger partial charge >= 0.3 is 12.0 Å². The zero-order valence-corrected chi connectivity index (χ0v) is 10.5. The molecule has 0 unspecified atom stereocenters. The topological polar surface area (TPSA) is 95.9 Å². The van der Waals surface area contributed by atoms with E-state index in [1.54, 1.807) is 0 Å². The summed E-state index contributed by atoms with van der Waals surface area (Å²) in [4.78, 5) is 34.9. The molecule has 7 nitrogen and oxygen atoms in total. The first-order chi connectivity index (χ1) is 9.43. The minimum absolute atomic E-state index is 0.0111. The molecular formula is C12H11FN2O5. The number of aromatic carboxylic acids is 1. The van der Waals surface area contributed by atoms with Crippen molar-refractivity contribution in [3.05, 3.63) is 23.5 Å². The van der Waals surface area contributed by atoms with Gasteiger partial charge in [0.05, 0.1) is 18.4 Å². The van der Waals surface area contributed by atoms with Crippen LogP contribution in [0.5, 0.6) is 5.75 Å². The third-order valence-electron chi connectivity index (χ3n) is 2.84. The van der Waals surface area contributed by atoms with Gasteiger partial charge in [-0.15, -0.1) is 0 Å². The number of hydrogen-bond acceptors (Lipinski definition) is 4. The second-order valence-corrected chi connectivity index (χ2v) is 4.06. The molecule has 0 saturated carbocycles. The van der Waals surface area contributed by atoms with Crippen molar-refractivity contribution in [1.29, 1.82) is 0 Å². The monoisotopic (exact) mass is 282 g/mol. The first kappa shape index (κ1) is 13.8. The lowest BCUT2D eigenvalue weighted by Gasteiger charge is -2.28. The molecule has 8 heteroatoms. The van der Waals surface area contributed by atoms with Crippen molar-refractivity contribution in [2.24, 2.45) is 0 Å². The Balaban J connectivity index is 2.49. The summed E-state index contributed by atoms with van der Waals surface area (Å²) < 4.78 is 18.5. The van der Waals surface area contributed by atoms with Crippen molar-refractivity contribution in [2.75, 3.05) is 18.6 Å². The second kappa shape index (κ2) is 5.16. The fourth-order valence-electron chi connectivity index (χ4n) is 1.88. The average molecular weight is 282 g/mol. The van der Waals surface area contributed by atoms with Gasteiger partial charge in [-0.1, -0.05) is 0 Å². The number of carboxylic acids is 1. The number of urea groups is 1. The molecule has 106 valence electrons. The number of carbonyl (C=O) groups excluding carboxylic acids is 2. The van der Waals surface area contributed by atoms with Gasteiger partial charge in [-0.05, 0) is 6.07 Å². The van der Waals surface area contributed by atoms with Crippen LogP contribution >= 0.6 is 0 Å². The van der Waals surface area contributed by atoms with E-state index in [1.165, 1.54) is 7.11 Å². The van der Waals surface area contributed by atoms with E-state index in [4.69, 9.17) is 9.84 Å². The van der Waals surface area contributed by atoms with Crippen molar-refractivity contribution in [1.82, 2.24) is 5.32 Å². The number of carboxylic acid groups (broad SMARTS) is 1. The Morgan fingerprint density at radius 1 is 1.45 bits per heavy atom. The van der Waals surface area contributed by atoms with E-state index < -0.39 is 29.3 Å². The molecule has 20 heavy (non-hydrogen) atoms. The molecular weight excluding hydrogens is 271 g/mol. The van der Waals surface area contributed by atoms with Crippen molar-refractivity contribution >= 4 is 23.6 Å². The number of methoxy groups -OCH3 is 1. The number of halogens is 1. The predicted molar refractivity (Wildman–Crippen MR) is 65.4 cm³/mol. The van der Waals surface area contributed by atoms with E-state index in [0.717, 1.165) is 17.0 Å². The van der Waals surface area contributed by atoms with Crippen molar-refractivity contribution in [3.63, 3.8) is 0 Å². The lowest BCUT2D eigenvalue weighted by atomic mass is 10.1. The highest BCUT2D eigenvalue weighted by Gasteiger charge is 2.28. The molecule has 1 aliphatic rings. The molecule has 1 aliphatic heterocycles. The standard InChI is InChI=1S/C12H11FN2O5/c1-20-9-5-7(13)6(11(17)18)4-8(9)15-3-2-10(16)14-12(15)19/h4-5H,2-3H2,1H3,(H,17,18)(H,14,16,19). The van der Waals surface area contributed by atoms with Gasteiger partial charge < -0.3 is 9.84 Å². The maximum atomic E-state index is 13.6. The minimum atomic E-state index is -1.46.